The monoisotopic (exact) mass is 265 g/mol. The highest BCUT2D eigenvalue weighted by Crippen LogP contribution is 2.17. The maximum absolute atomic E-state index is 11.8. The molecule has 0 aromatic rings. The third-order valence-electron chi connectivity index (χ3n) is 3.96. The second kappa shape index (κ2) is 7.46. The van der Waals surface area contributed by atoms with Crippen LogP contribution in [0, 0.1) is 11.3 Å². The number of amides is 1. The van der Waals surface area contributed by atoms with Gasteiger partial charge in [-0.05, 0) is 32.1 Å². The van der Waals surface area contributed by atoms with Gasteiger partial charge in [0.05, 0.1) is 18.7 Å². The lowest BCUT2D eigenvalue weighted by atomic mass is 10.0. The second-order valence-corrected chi connectivity index (χ2v) is 5.45. The van der Waals surface area contributed by atoms with Gasteiger partial charge in [-0.3, -0.25) is 9.69 Å². The molecule has 0 saturated carbocycles. The van der Waals surface area contributed by atoms with Gasteiger partial charge >= 0.3 is 0 Å². The van der Waals surface area contributed by atoms with Crippen molar-refractivity contribution in [3.05, 3.63) is 0 Å². The van der Waals surface area contributed by atoms with E-state index in [2.05, 4.69) is 16.3 Å². The van der Waals surface area contributed by atoms with Gasteiger partial charge in [0.25, 0.3) is 0 Å². The molecular formula is C14H23N3O2. The van der Waals surface area contributed by atoms with Crippen LogP contribution in [-0.4, -0.2) is 49.2 Å². The van der Waals surface area contributed by atoms with Crippen LogP contribution >= 0.6 is 0 Å². The van der Waals surface area contributed by atoms with Gasteiger partial charge in [-0.25, -0.2) is 0 Å². The van der Waals surface area contributed by atoms with Crippen LogP contribution in [-0.2, 0) is 9.53 Å². The molecular weight excluding hydrogens is 242 g/mol. The lowest BCUT2D eigenvalue weighted by Crippen LogP contribution is -2.44. The van der Waals surface area contributed by atoms with E-state index in [-0.39, 0.29) is 11.9 Å². The van der Waals surface area contributed by atoms with Crippen LogP contribution in [0.3, 0.4) is 0 Å². The number of nitrogens with zero attached hydrogens (tertiary/aromatic N) is 2. The Hall–Kier alpha value is -1.12. The van der Waals surface area contributed by atoms with Crippen LogP contribution in [0.1, 0.15) is 38.5 Å². The second-order valence-electron chi connectivity index (χ2n) is 5.45. The molecule has 1 N–H and O–H groups in total. The van der Waals surface area contributed by atoms with Crippen molar-refractivity contribution >= 4 is 5.91 Å². The van der Waals surface area contributed by atoms with E-state index >= 15 is 0 Å². The van der Waals surface area contributed by atoms with Crippen molar-refractivity contribution in [2.75, 3.05) is 26.2 Å². The topological polar surface area (TPSA) is 65.4 Å². The normalized spacial score (nSPS) is 25.1. The summed E-state index contributed by atoms with van der Waals surface area (Å²) in [4.78, 5) is 14.0. The third-order valence-corrected chi connectivity index (χ3v) is 3.96. The molecule has 0 aliphatic carbocycles. The van der Waals surface area contributed by atoms with Gasteiger partial charge in [-0.15, -0.1) is 0 Å². The van der Waals surface area contributed by atoms with Crippen molar-refractivity contribution in [2.45, 2.75) is 50.7 Å². The fourth-order valence-corrected chi connectivity index (χ4v) is 2.80. The first-order chi connectivity index (χ1) is 9.28. The Bertz CT molecular complexity index is 326. The Kier molecular flexibility index (Phi) is 5.62. The van der Waals surface area contributed by atoms with Crippen molar-refractivity contribution in [3.8, 4) is 6.07 Å². The third kappa shape index (κ3) is 4.81. The molecule has 2 aliphatic heterocycles. The Labute approximate surface area is 114 Å². The lowest BCUT2D eigenvalue weighted by molar-refractivity contribution is -0.122. The molecule has 106 valence electrons. The summed E-state index contributed by atoms with van der Waals surface area (Å²) in [6, 6.07) is 2.45. The number of hydrogen-bond donors (Lipinski definition) is 1. The summed E-state index contributed by atoms with van der Waals surface area (Å²) in [5.41, 5.74) is 0. The number of piperidine rings is 1. The maximum atomic E-state index is 11.8. The van der Waals surface area contributed by atoms with E-state index in [4.69, 9.17) is 10.00 Å². The predicted octanol–water partition coefficient (Wildman–Crippen LogP) is 1.05. The minimum absolute atomic E-state index is 0.147. The molecule has 0 bridgehead atoms. The van der Waals surface area contributed by atoms with E-state index in [1.807, 2.05) is 0 Å². The van der Waals surface area contributed by atoms with Gasteiger partial charge in [0.2, 0.25) is 5.91 Å². The number of hydrogen-bond acceptors (Lipinski definition) is 4. The summed E-state index contributed by atoms with van der Waals surface area (Å²) >= 11 is 0. The van der Waals surface area contributed by atoms with Gasteiger partial charge in [0.1, 0.15) is 0 Å². The molecule has 1 unspecified atom stereocenters. The van der Waals surface area contributed by atoms with Crippen molar-refractivity contribution in [1.29, 1.82) is 5.26 Å². The average Bonchev–Trinajstić information content (AvgIpc) is 2.92. The minimum atomic E-state index is 0.147. The van der Waals surface area contributed by atoms with Gasteiger partial charge in [-0.1, -0.05) is 0 Å². The van der Waals surface area contributed by atoms with Gasteiger partial charge < -0.3 is 10.1 Å². The van der Waals surface area contributed by atoms with E-state index < -0.39 is 0 Å². The first-order valence-corrected chi connectivity index (χ1v) is 7.28. The van der Waals surface area contributed by atoms with E-state index in [1.165, 1.54) is 0 Å². The van der Waals surface area contributed by atoms with Crippen LogP contribution in [0.5, 0.6) is 0 Å². The average molecular weight is 265 g/mol. The highest BCUT2D eigenvalue weighted by molar-refractivity contribution is 5.76. The van der Waals surface area contributed by atoms with E-state index in [1.54, 1.807) is 0 Å². The summed E-state index contributed by atoms with van der Waals surface area (Å²) in [6.07, 6.45) is 5.84. The smallest absolute Gasteiger partial charge is 0.220 e. The summed E-state index contributed by atoms with van der Waals surface area (Å²) < 4.78 is 5.52. The molecule has 5 nitrogen and oxygen atoms in total. The van der Waals surface area contributed by atoms with Crippen LogP contribution in [0.15, 0.2) is 0 Å². The summed E-state index contributed by atoms with van der Waals surface area (Å²) in [5, 5.41) is 11.7. The van der Waals surface area contributed by atoms with Crippen molar-refractivity contribution in [1.82, 2.24) is 10.2 Å². The quantitative estimate of drug-likeness (QED) is 0.755. The Morgan fingerprint density at radius 1 is 1.37 bits per heavy atom. The van der Waals surface area contributed by atoms with Crippen LogP contribution in [0.4, 0.5) is 0 Å². The van der Waals surface area contributed by atoms with Crippen molar-refractivity contribution in [3.63, 3.8) is 0 Å². The fraction of sp³-hybridized carbons (Fsp3) is 0.857. The van der Waals surface area contributed by atoms with E-state index in [0.717, 1.165) is 51.8 Å². The molecule has 0 spiro atoms. The SMILES string of the molecule is N#CCN1CCC(NC(=O)CCC2CCCO2)CC1. The number of ether oxygens (including phenoxy) is 1. The van der Waals surface area contributed by atoms with Crippen molar-refractivity contribution in [2.24, 2.45) is 0 Å². The lowest BCUT2D eigenvalue weighted by Gasteiger charge is -2.30. The highest BCUT2D eigenvalue weighted by Gasteiger charge is 2.21. The number of nitrogens with one attached hydrogen (secondary N) is 1. The maximum Gasteiger partial charge on any atom is 0.220 e. The minimum Gasteiger partial charge on any atom is -0.378 e. The summed E-state index contributed by atoms with van der Waals surface area (Å²) in [6.45, 7) is 3.16. The molecule has 0 radical (unpaired) electrons. The van der Waals surface area contributed by atoms with Crippen LogP contribution < -0.4 is 5.32 Å². The molecule has 2 heterocycles. The van der Waals surface area contributed by atoms with Crippen LogP contribution in [0.25, 0.3) is 0 Å². The Morgan fingerprint density at radius 3 is 2.79 bits per heavy atom. The Morgan fingerprint density at radius 2 is 2.16 bits per heavy atom. The predicted molar refractivity (Wildman–Crippen MR) is 71.4 cm³/mol. The first kappa shape index (κ1) is 14.3. The zero-order valence-corrected chi connectivity index (χ0v) is 11.4. The molecule has 2 aliphatic rings. The Balaban J connectivity index is 1.59. The standard InChI is InChI=1S/C14H23N3O2/c15-7-10-17-8-5-12(6-9-17)16-14(18)4-3-13-2-1-11-19-13/h12-13H,1-6,8-11H2,(H,16,18). The highest BCUT2D eigenvalue weighted by atomic mass is 16.5. The number of carbonyl (C=O) groups is 1. The fourth-order valence-electron chi connectivity index (χ4n) is 2.80. The largest absolute Gasteiger partial charge is 0.378 e. The number of rotatable bonds is 5. The molecule has 2 fully saturated rings. The number of carbonyl (C=O) groups excluding carboxylic acids is 1. The van der Waals surface area contributed by atoms with E-state index in [9.17, 15) is 4.79 Å². The molecule has 2 saturated heterocycles. The molecule has 1 atom stereocenters. The van der Waals surface area contributed by atoms with Gasteiger partial charge in [-0.2, -0.15) is 5.26 Å². The zero-order chi connectivity index (χ0) is 13.5. The molecule has 0 aromatic heterocycles. The van der Waals surface area contributed by atoms with Gasteiger partial charge in [0.15, 0.2) is 0 Å². The first-order valence-electron chi connectivity index (χ1n) is 7.28. The summed E-state index contributed by atoms with van der Waals surface area (Å²) in [7, 11) is 0. The van der Waals surface area contributed by atoms with Gasteiger partial charge in [0, 0.05) is 32.2 Å². The number of likely N-dealkylation sites (tertiary alicyclic amines) is 1. The molecule has 19 heavy (non-hydrogen) atoms. The molecule has 1 amide bonds. The van der Waals surface area contributed by atoms with E-state index in [0.29, 0.717) is 19.1 Å². The summed E-state index contributed by atoms with van der Waals surface area (Å²) in [5.74, 6) is 0.147. The van der Waals surface area contributed by atoms with Crippen molar-refractivity contribution < 1.29 is 9.53 Å². The van der Waals surface area contributed by atoms with Crippen LogP contribution in [0.2, 0.25) is 0 Å². The molecule has 5 heteroatoms. The number of nitriles is 1. The molecule has 0 aromatic carbocycles. The zero-order valence-electron chi connectivity index (χ0n) is 11.4. The molecule has 2 rings (SSSR count).